The molecule has 0 saturated carbocycles. The standard InChI is InChI=1S/C28H25FN2O2S/c29-24-9-4-8-23(18-24)20-31(28(33)26-10-5-17-34-26)25-13-11-22(12-14-25)19-27(32)30-16-15-21-6-2-1-3-7-21/h1-14,17-18H,15-16,19-20H2,(H,30,32). The zero-order valence-corrected chi connectivity index (χ0v) is 19.4. The lowest BCUT2D eigenvalue weighted by Gasteiger charge is -2.23. The molecule has 1 aromatic heterocycles. The van der Waals surface area contributed by atoms with Crippen molar-refractivity contribution in [3.63, 3.8) is 0 Å². The minimum atomic E-state index is -0.338. The molecule has 0 saturated heterocycles. The Morgan fingerprint density at radius 2 is 1.59 bits per heavy atom. The number of thiophene rings is 1. The fourth-order valence-electron chi connectivity index (χ4n) is 3.66. The lowest BCUT2D eigenvalue weighted by atomic mass is 10.1. The molecule has 6 heteroatoms. The third-order valence-electron chi connectivity index (χ3n) is 5.40. The number of amides is 2. The Balaban J connectivity index is 1.42. The van der Waals surface area contributed by atoms with Crippen LogP contribution in [0.2, 0.25) is 0 Å². The number of anilines is 1. The predicted molar refractivity (Wildman–Crippen MR) is 135 cm³/mol. The summed E-state index contributed by atoms with van der Waals surface area (Å²) in [7, 11) is 0. The van der Waals surface area contributed by atoms with E-state index in [0.717, 1.165) is 12.0 Å². The van der Waals surface area contributed by atoms with Gasteiger partial charge in [0.15, 0.2) is 0 Å². The first-order valence-electron chi connectivity index (χ1n) is 11.1. The first kappa shape index (κ1) is 23.4. The van der Waals surface area contributed by atoms with E-state index < -0.39 is 0 Å². The van der Waals surface area contributed by atoms with Gasteiger partial charge in [0, 0.05) is 12.2 Å². The third kappa shape index (κ3) is 6.39. The lowest BCUT2D eigenvalue weighted by molar-refractivity contribution is -0.120. The van der Waals surface area contributed by atoms with Crippen molar-refractivity contribution in [3.05, 3.63) is 124 Å². The molecule has 4 nitrogen and oxygen atoms in total. The van der Waals surface area contributed by atoms with Gasteiger partial charge in [-0.3, -0.25) is 9.59 Å². The van der Waals surface area contributed by atoms with Crippen molar-refractivity contribution in [3.8, 4) is 0 Å². The Bertz CT molecular complexity index is 1230. The second-order valence-corrected chi connectivity index (χ2v) is 8.87. The van der Waals surface area contributed by atoms with E-state index in [4.69, 9.17) is 0 Å². The highest BCUT2D eigenvalue weighted by atomic mass is 32.1. The maximum atomic E-state index is 13.7. The van der Waals surface area contributed by atoms with Crippen molar-refractivity contribution in [2.24, 2.45) is 0 Å². The molecule has 0 fully saturated rings. The van der Waals surface area contributed by atoms with Crippen molar-refractivity contribution < 1.29 is 14.0 Å². The van der Waals surface area contributed by atoms with Gasteiger partial charge >= 0.3 is 0 Å². The van der Waals surface area contributed by atoms with Gasteiger partial charge in [-0.15, -0.1) is 11.3 Å². The molecule has 3 aromatic carbocycles. The van der Waals surface area contributed by atoms with Crippen molar-refractivity contribution in [2.75, 3.05) is 11.4 Å². The molecule has 1 N–H and O–H groups in total. The SMILES string of the molecule is O=C(Cc1ccc(N(Cc2cccc(F)c2)C(=O)c2cccs2)cc1)NCCc1ccccc1. The molecule has 0 atom stereocenters. The van der Waals surface area contributed by atoms with Gasteiger partial charge in [0.1, 0.15) is 5.82 Å². The highest BCUT2D eigenvalue weighted by molar-refractivity contribution is 7.12. The highest BCUT2D eigenvalue weighted by Crippen LogP contribution is 2.23. The first-order chi connectivity index (χ1) is 16.6. The van der Waals surface area contributed by atoms with Gasteiger partial charge in [-0.1, -0.05) is 60.7 Å². The largest absolute Gasteiger partial charge is 0.355 e. The number of carbonyl (C=O) groups is 2. The van der Waals surface area contributed by atoms with E-state index >= 15 is 0 Å². The molecular weight excluding hydrogens is 447 g/mol. The van der Waals surface area contributed by atoms with Crippen molar-refractivity contribution in [2.45, 2.75) is 19.4 Å². The molecule has 0 spiro atoms. The summed E-state index contributed by atoms with van der Waals surface area (Å²) in [5.74, 6) is -0.532. The van der Waals surface area contributed by atoms with Crippen molar-refractivity contribution in [1.82, 2.24) is 5.32 Å². The quantitative estimate of drug-likeness (QED) is 0.343. The van der Waals surface area contributed by atoms with Crippen LogP contribution in [0.25, 0.3) is 0 Å². The lowest BCUT2D eigenvalue weighted by Crippen LogP contribution is -2.30. The monoisotopic (exact) mass is 472 g/mol. The van der Waals surface area contributed by atoms with Crippen LogP contribution in [0.5, 0.6) is 0 Å². The molecule has 1 heterocycles. The van der Waals surface area contributed by atoms with Gasteiger partial charge in [0.25, 0.3) is 5.91 Å². The molecule has 0 bridgehead atoms. The Hall–Kier alpha value is -3.77. The van der Waals surface area contributed by atoms with E-state index in [-0.39, 0.29) is 30.6 Å². The van der Waals surface area contributed by atoms with Gasteiger partial charge in [-0.2, -0.15) is 0 Å². The second kappa shape index (κ2) is 11.4. The summed E-state index contributed by atoms with van der Waals surface area (Å²) in [6.45, 7) is 0.825. The second-order valence-electron chi connectivity index (χ2n) is 7.93. The van der Waals surface area contributed by atoms with Crippen LogP contribution in [0.1, 0.15) is 26.4 Å². The topological polar surface area (TPSA) is 49.4 Å². The predicted octanol–water partition coefficient (Wildman–Crippen LogP) is 5.64. The van der Waals surface area contributed by atoms with Crippen molar-refractivity contribution in [1.29, 1.82) is 0 Å². The average Bonchev–Trinajstić information content (AvgIpc) is 3.39. The number of halogens is 1. The molecular formula is C28H25FN2O2S. The third-order valence-corrected chi connectivity index (χ3v) is 6.26. The van der Waals surface area contributed by atoms with Gasteiger partial charge in [-0.05, 0) is 58.8 Å². The van der Waals surface area contributed by atoms with Gasteiger partial charge in [-0.25, -0.2) is 4.39 Å². The molecule has 0 aliphatic heterocycles. The van der Waals surface area contributed by atoms with Crippen LogP contribution in [0.4, 0.5) is 10.1 Å². The fraction of sp³-hybridized carbons (Fsp3) is 0.143. The normalized spacial score (nSPS) is 10.6. The minimum absolute atomic E-state index is 0.0463. The highest BCUT2D eigenvalue weighted by Gasteiger charge is 2.19. The number of hydrogen-bond acceptors (Lipinski definition) is 3. The zero-order valence-electron chi connectivity index (χ0n) is 18.6. The molecule has 0 unspecified atom stereocenters. The summed E-state index contributed by atoms with van der Waals surface area (Å²) in [5.41, 5.74) is 3.43. The zero-order chi connectivity index (χ0) is 23.8. The number of rotatable bonds is 9. The number of benzene rings is 3. The Kier molecular flexibility index (Phi) is 7.83. The fourth-order valence-corrected chi connectivity index (χ4v) is 4.34. The molecule has 172 valence electrons. The van der Waals surface area contributed by atoms with Crippen LogP contribution < -0.4 is 10.2 Å². The summed E-state index contributed by atoms with van der Waals surface area (Å²) >= 11 is 1.37. The summed E-state index contributed by atoms with van der Waals surface area (Å²) in [6, 6.07) is 27.3. The Morgan fingerprint density at radius 1 is 0.824 bits per heavy atom. The minimum Gasteiger partial charge on any atom is -0.355 e. The van der Waals surface area contributed by atoms with Crippen LogP contribution in [0.3, 0.4) is 0 Å². The molecule has 4 rings (SSSR count). The van der Waals surface area contributed by atoms with E-state index in [9.17, 15) is 14.0 Å². The first-order valence-corrected chi connectivity index (χ1v) is 12.0. The maximum absolute atomic E-state index is 13.7. The van der Waals surface area contributed by atoms with Gasteiger partial charge < -0.3 is 10.2 Å². The average molecular weight is 473 g/mol. The van der Waals surface area contributed by atoms with Crippen molar-refractivity contribution >= 4 is 28.8 Å². The van der Waals surface area contributed by atoms with E-state index in [0.29, 0.717) is 22.7 Å². The van der Waals surface area contributed by atoms with Crippen LogP contribution in [0.15, 0.2) is 96.4 Å². The molecule has 0 aliphatic rings. The van der Waals surface area contributed by atoms with E-state index in [1.807, 2.05) is 66.0 Å². The molecule has 34 heavy (non-hydrogen) atoms. The summed E-state index contributed by atoms with van der Waals surface area (Å²) in [6.07, 6.45) is 1.04. The molecule has 2 amide bonds. The van der Waals surface area contributed by atoms with Crippen LogP contribution >= 0.6 is 11.3 Å². The number of hydrogen-bond donors (Lipinski definition) is 1. The maximum Gasteiger partial charge on any atom is 0.268 e. The van der Waals surface area contributed by atoms with E-state index in [1.165, 1.54) is 29.0 Å². The summed E-state index contributed by atoms with van der Waals surface area (Å²) in [4.78, 5) is 27.8. The number of nitrogens with zero attached hydrogens (tertiary/aromatic N) is 1. The Labute approximate surface area is 202 Å². The number of carbonyl (C=O) groups excluding carboxylic acids is 2. The van der Waals surface area contributed by atoms with E-state index in [1.54, 1.807) is 23.1 Å². The summed E-state index contributed by atoms with van der Waals surface area (Å²) in [5, 5.41) is 4.81. The van der Waals surface area contributed by atoms with Crippen LogP contribution in [0, 0.1) is 5.82 Å². The molecule has 4 aromatic rings. The smallest absolute Gasteiger partial charge is 0.268 e. The van der Waals surface area contributed by atoms with Crippen LogP contribution in [-0.4, -0.2) is 18.4 Å². The Morgan fingerprint density at radius 3 is 2.29 bits per heavy atom. The number of nitrogens with one attached hydrogen (secondary N) is 1. The summed E-state index contributed by atoms with van der Waals surface area (Å²) < 4.78 is 13.7. The molecule has 0 aliphatic carbocycles. The van der Waals surface area contributed by atoms with E-state index in [2.05, 4.69) is 5.32 Å². The van der Waals surface area contributed by atoms with Crippen LogP contribution in [-0.2, 0) is 24.2 Å². The van der Waals surface area contributed by atoms with Gasteiger partial charge in [0.2, 0.25) is 5.91 Å². The van der Waals surface area contributed by atoms with Gasteiger partial charge in [0.05, 0.1) is 17.8 Å². The molecule has 0 radical (unpaired) electrons.